The van der Waals surface area contributed by atoms with Crippen LogP contribution in [0.25, 0.3) is 0 Å². The smallest absolute Gasteiger partial charge is 0.223 e. The highest BCUT2D eigenvalue weighted by Gasteiger charge is 2.32. The van der Waals surface area contributed by atoms with Crippen molar-refractivity contribution in [2.75, 3.05) is 0 Å². The van der Waals surface area contributed by atoms with E-state index in [9.17, 15) is 4.79 Å². The van der Waals surface area contributed by atoms with Gasteiger partial charge in [-0.25, -0.2) is 0 Å². The van der Waals surface area contributed by atoms with Gasteiger partial charge in [-0.05, 0) is 43.4 Å². The van der Waals surface area contributed by atoms with Crippen LogP contribution in [0.5, 0.6) is 0 Å². The second-order valence-electron chi connectivity index (χ2n) is 6.10. The van der Waals surface area contributed by atoms with E-state index in [0.29, 0.717) is 19.0 Å². The van der Waals surface area contributed by atoms with Gasteiger partial charge in [0, 0.05) is 31.4 Å². The normalized spacial score (nSPS) is 13.9. The number of pyridine rings is 1. The number of nitrogens with zero attached hydrogens (tertiary/aromatic N) is 2. The minimum absolute atomic E-state index is 0.257. The van der Waals surface area contributed by atoms with E-state index >= 15 is 0 Å². The van der Waals surface area contributed by atoms with Gasteiger partial charge in [-0.3, -0.25) is 9.78 Å². The van der Waals surface area contributed by atoms with Gasteiger partial charge in [-0.1, -0.05) is 35.9 Å². The number of hydrogen-bond acceptors (Lipinski definition) is 2. The number of rotatable bonds is 6. The summed E-state index contributed by atoms with van der Waals surface area (Å²) in [7, 11) is 0. The van der Waals surface area contributed by atoms with Gasteiger partial charge in [-0.2, -0.15) is 0 Å². The molecule has 1 saturated carbocycles. The van der Waals surface area contributed by atoms with Gasteiger partial charge < -0.3 is 4.90 Å². The summed E-state index contributed by atoms with van der Waals surface area (Å²) in [6.07, 6.45) is 7.29. The molecule has 2 aromatic rings. The monoisotopic (exact) mass is 294 g/mol. The van der Waals surface area contributed by atoms with Crippen molar-refractivity contribution in [2.24, 2.45) is 0 Å². The van der Waals surface area contributed by atoms with Crippen molar-refractivity contribution in [3.05, 3.63) is 65.5 Å². The van der Waals surface area contributed by atoms with Crippen molar-refractivity contribution in [1.29, 1.82) is 0 Å². The molecule has 3 heteroatoms. The third kappa shape index (κ3) is 3.94. The van der Waals surface area contributed by atoms with Crippen LogP contribution in [0.1, 0.15) is 36.0 Å². The Morgan fingerprint density at radius 2 is 2.05 bits per heavy atom. The molecular weight excluding hydrogens is 272 g/mol. The van der Waals surface area contributed by atoms with Gasteiger partial charge >= 0.3 is 0 Å². The number of hydrogen-bond donors (Lipinski definition) is 0. The van der Waals surface area contributed by atoms with Gasteiger partial charge in [0.1, 0.15) is 0 Å². The number of aryl methyl sites for hydroxylation is 2. The van der Waals surface area contributed by atoms with E-state index in [1.165, 1.54) is 11.1 Å². The van der Waals surface area contributed by atoms with Crippen LogP contribution < -0.4 is 0 Å². The SMILES string of the molecule is Cc1cccc(CCC(=O)N(Cc2cccnc2)C2CC2)c1. The fourth-order valence-corrected chi connectivity index (χ4v) is 2.76. The Hall–Kier alpha value is -2.16. The molecule has 114 valence electrons. The Balaban J connectivity index is 1.61. The first kappa shape index (κ1) is 14.8. The van der Waals surface area contributed by atoms with Gasteiger partial charge in [0.25, 0.3) is 0 Å². The molecule has 0 N–H and O–H groups in total. The first-order valence-corrected chi connectivity index (χ1v) is 7.96. The molecule has 22 heavy (non-hydrogen) atoms. The predicted molar refractivity (Wildman–Crippen MR) is 87.3 cm³/mol. The Morgan fingerprint density at radius 1 is 1.23 bits per heavy atom. The summed E-state index contributed by atoms with van der Waals surface area (Å²) in [6.45, 7) is 2.77. The summed E-state index contributed by atoms with van der Waals surface area (Å²) in [5, 5.41) is 0. The topological polar surface area (TPSA) is 33.2 Å². The maximum Gasteiger partial charge on any atom is 0.223 e. The highest BCUT2D eigenvalue weighted by Crippen LogP contribution is 2.29. The lowest BCUT2D eigenvalue weighted by Crippen LogP contribution is -2.32. The Bertz CT molecular complexity index is 635. The fraction of sp³-hybridized carbons (Fsp3) is 0.368. The third-order valence-electron chi connectivity index (χ3n) is 4.09. The summed E-state index contributed by atoms with van der Waals surface area (Å²) >= 11 is 0. The van der Waals surface area contributed by atoms with Crippen LogP contribution in [0, 0.1) is 6.92 Å². The average Bonchev–Trinajstić information content (AvgIpc) is 3.36. The van der Waals surface area contributed by atoms with E-state index in [1.807, 2.05) is 23.2 Å². The molecule has 0 spiro atoms. The number of carbonyl (C=O) groups excluding carboxylic acids is 1. The minimum Gasteiger partial charge on any atom is -0.335 e. The van der Waals surface area contributed by atoms with Crippen molar-refractivity contribution < 1.29 is 4.79 Å². The molecule has 1 heterocycles. The zero-order chi connectivity index (χ0) is 15.4. The molecule has 1 aliphatic carbocycles. The lowest BCUT2D eigenvalue weighted by atomic mass is 10.1. The van der Waals surface area contributed by atoms with Crippen LogP contribution in [-0.4, -0.2) is 21.8 Å². The second-order valence-corrected chi connectivity index (χ2v) is 6.10. The standard InChI is InChI=1S/C19H22N2O/c1-15-4-2-5-16(12-15)7-10-19(22)21(18-8-9-18)14-17-6-3-11-20-13-17/h2-6,11-13,18H,7-10,14H2,1H3. The molecular formula is C19H22N2O. The zero-order valence-electron chi connectivity index (χ0n) is 13.0. The molecule has 1 aliphatic rings. The molecule has 0 bridgehead atoms. The van der Waals surface area contributed by atoms with Gasteiger partial charge in [-0.15, -0.1) is 0 Å². The van der Waals surface area contributed by atoms with Crippen LogP contribution in [0.15, 0.2) is 48.8 Å². The number of amides is 1. The van der Waals surface area contributed by atoms with E-state index < -0.39 is 0 Å². The highest BCUT2D eigenvalue weighted by molar-refractivity contribution is 5.77. The molecule has 1 aromatic carbocycles. The lowest BCUT2D eigenvalue weighted by Gasteiger charge is -2.22. The van der Waals surface area contributed by atoms with Gasteiger partial charge in [0.2, 0.25) is 5.91 Å². The van der Waals surface area contributed by atoms with E-state index in [4.69, 9.17) is 0 Å². The quantitative estimate of drug-likeness (QED) is 0.817. The summed E-state index contributed by atoms with van der Waals surface area (Å²) in [5.74, 6) is 0.257. The summed E-state index contributed by atoms with van der Waals surface area (Å²) < 4.78 is 0. The molecule has 1 aromatic heterocycles. The van der Waals surface area contributed by atoms with Crippen LogP contribution in [-0.2, 0) is 17.8 Å². The maximum absolute atomic E-state index is 12.6. The number of benzene rings is 1. The Labute approximate surface area is 132 Å². The molecule has 3 nitrogen and oxygen atoms in total. The third-order valence-corrected chi connectivity index (χ3v) is 4.09. The molecule has 0 atom stereocenters. The van der Waals surface area contributed by atoms with Crippen LogP contribution >= 0.6 is 0 Å². The zero-order valence-corrected chi connectivity index (χ0v) is 13.0. The van der Waals surface area contributed by atoms with Crippen molar-refractivity contribution >= 4 is 5.91 Å². The Kier molecular flexibility index (Phi) is 4.52. The molecule has 3 rings (SSSR count). The van der Waals surface area contributed by atoms with E-state index in [1.54, 1.807) is 6.20 Å². The molecule has 1 fully saturated rings. The summed E-state index contributed by atoms with van der Waals surface area (Å²) in [5.41, 5.74) is 3.60. The molecule has 0 aliphatic heterocycles. The van der Waals surface area contributed by atoms with Crippen molar-refractivity contribution in [1.82, 2.24) is 9.88 Å². The van der Waals surface area contributed by atoms with E-state index in [-0.39, 0.29) is 5.91 Å². The molecule has 0 radical (unpaired) electrons. The average molecular weight is 294 g/mol. The van der Waals surface area contributed by atoms with Crippen molar-refractivity contribution in [3.63, 3.8) is 0 Å². The van der Waals surface area contributed by atoms with E-state index in [0.717, 1.165) is 24.8 Å². The summed E-state index contributed by atoms with van der Waals surface area (Å²) in [6, 6.07) is 12.8. The first-order valence-electron chi connectivity index (χ1n) is 7.96. The van der Waals surface area contributed by atoms with E-state index in [2.05, 4.69) is 36.2 Å². The summed E-state index contributed by atoms with van der Waals surface area (Å²) in [4.78, 5) is 18.8. The van der Waals surface area contributed by atoms with Crippen LogP contribution in [0.2, 0.25) is 0 Å². The molecule has 0 unspecified atom stereocenters. The van der Waals surface area contributed by atoms with Crippen molar-refractivity contribution in [3.8, 4) is 0 Å². The molecule has 0 saturated heterocycles. The Morgan fingerprint density at radius 3 is 2.73 bits per heavy atom. The minimum atomic E-state index is 0.257. The highest BCUT2D eigenvalue weighted by atomic mass is 16.2. The predicted octanol–water partition coefficient (Wildman–Crippen LogP) is 3.51. The maximum atomic E-state index is 12.6. The lowest BCUT2D eigenvalue weighted by molar-refractivity contribution is -0.132. The number of aromatic nitrogens is 1. The first-order chi connectivity index (χ1) is 10.7. The number of carbonyl (C=O) groups is 1. The van der Waals surface area contributed by atoms with Gasteiger partial charge in [0.05, 0.1) is 0 Å². The van der Waals surface area contributed by atoms with Crippen LogP contribution in [0.3, 0.4) is 0 Å². The largest absolute Gasteiger partial charge is 0.335 e. The van der Waals surface area contributed by atoms with Crippen molar-refractivity contribution in [2.45, 2.75) is 45.2 Å². The van der Waals surface area contributed by atoms with Crippen LogP contribution in [0.4, 0.5) is 0 Å². The molecule has 1 amide bonds. The fourth-order valence-electron chi connectivity index (χ4n) is 2.76. The van der Waals surface area contributed by atoms with Gasteiger partial charge in [0.15, 0.2) is 0 Å². The second kappa shape index (κ2) is 6.73.